The number of rotatable bonds is 5. The van der Waals surface area contributed by atoms with Crippen LogP contribution in [0.2, 0.25) is 0 Å². The van der Waals surface area contributed by atoms with Gasteiger partial charge in [-0.25, -0.2) is 9.37 Å². The van der Waals surface area contributed by atoms with Crippen molar-refractivity contribution in [3.05, 3.63) is 82.6 Å². The quantitative estimate of drug-likeness (QED) is 0.626. The van der Waals surface area contributed by atoms with E-state index >= 15 is 0 Å². The van der Waals surface area contributed by atoms with Gasteiger partial charge in [-0.2, -0.15) is 0 Å². The van der Waals surface area contributed by atoms with Gasteiger partial charge in [0.1, 0.15) is 5.82 Å². The van der Waals surface area contributed by atoms with E-state index in [-0.39, 0.29) is 18.3 Å². The highest BCUT2D eigenvalue weighted by atomic mass is 79.9. The Kier molecular flexibility index (Phi) is 5.78. The molecule has 3 aromatic rings. The van der Waals surface area contributed by atoms with Gasteiger partial charge in [0.05, 0.1) is 17.4 Å². The predicted molar refractivity (Wildman–Crippen MR) is 111 cm³/mol. The van der Waals surface area contributed by atoms with Crippen LogP contribution < -0.4 is 5.32 Å². The number of hydrogen-bond acceptors (Lipinski definition) is 3. The maximum Gasteiger partial charge on any atom is 0.231 e. The number of amides is 1. The van der Waals surface area contributed by atoms with Crippen molar-refractivity contribution in [1.82, 2.24) is 14.9 Å². The highest BCUT2D eigenvalue weighted by molar-refractivity contribution is 9.10. The van der Waals surface area contributed by atoms with Gasteiger partial charge in [0.2, 0.25) is 5.91 Å². The lowest BCUT2D eigenvalue weighted by Gasteiger charge is -2.36. The molecule has 4 rings (SSSR count). The standard InChI is InChI=1S/C22H21BrFN3O2/c23-18-4-2-17(3-5-18)22(7-11-29-12-8-22)21(28)26-14-16-1-6-20(19(24)13-16)27-10-9-25-15-27/h1-6,9-10,13,15H,7-8,11-12,14H2,(H,26,28). The molecule has 1 aliphatic rings. The monoisotopic (exact) mass is 457 g/mol. The van der Waals surface area contributed by atoms with Crippen LogP contribution in [-0.4, -0.2) is 28.7 Å². The maximum absolute atomic E-state index is 14.5. The second kappa shape index (κ2) is 8.47. The van der Waals surface area contributed by atoms with Crippen LogP contribution in [-0.2, 0) is 21.5 Å². The molecule has 1 saturated heterocycles. The molecule has 1 aromatic heterocycles. The first-order valence-corrected chi connectivity index (χ1v) is 10.3. The summed E-state index contributed by atoms with van der Waals surface area (Å²) < 4.78 is 22.6. The maximum atomic E-state index is 14.5. The Hall–Kier alpha value is -2.51. The van der Waals surface area contributed by atoms with Crippen molar-refractivity contribution in [2.24, 2.45) is 0 Å². The summed E-state index contributed by atoms with van der Waals surface area (Å²) in [6.45, 7) is 1.34. The van der Waals surface area contributed by atoms with Crippen LogP contribution in [0.25, 0.3) is 5.69 Å². The summed E-state index contributed by atoms with van der Waals surface area (Å²) in [5.74, 6) is -0.411. The van der Waals surface area contributed by atoms with Crippen LogP contribution in [0.1, 0.15) is 24.0 Å². The molecule has 1 fully saturated rings. The molecule has 0 bridgehead atoms. The van der Waals surface area contributed by atoms with Crippen LogP contribution >= 0.6 is 15.9 Å². The first-order valence-electron chi connectivity index (χ1n) is 9.47. The fourth-order valence-corrected chi connectivity index (χ4v) is 4.02. The number of halogens is 2. The molecule has 7 heteroatoms. The number of nitrogens with zero attached hydrogens (tertiary/aromatic N) is 2. The van der Waals surface area contributed by atoms with Gasteiger partial charge in [0.25, 0.3) is 0 Å². The summed E-state index contributed by atoms with van der Waals surface area (Å²) in [4.78, 5) is 17.2. The van der Waals surface area contributed by atoms with Crippen molar-refractivity contribution >= 4 is 21.8 Å². The van der Waals surface area contributed by atoms with Crippen LogP contribution in [0.4, 0.5) is 4.39 Å². The number of carbonyl (C=O) groups excluding carboxylic acids is 1. The van der Waals surface area contributed by atoms with Gasteiger partial charge >= 0.3 is 0 Å². The third-order valence-corrected chi connectivity index (χ3v) is 5.95. The first kappa shape index (κ1) is 19.8. The third kappa shape index (κ3) is 4.11. The zero-order valence-electron chi connectivity index (χ0n) is 15.8. The molecule has 150 valence electrons. The molecular formula is C22H21BrFN3O2. The van der Waals surface area contributed by atoms with Gasteiger partial charge < -0.3 is 14.6 Å². The van der Waals surface area contributed by atoms with E-state index in [1.807, 2.05) is 30.3 Å². The highest BCUT2D eigenvalue weighted by Gasteiger charge is 2.41. The first-order chi connectivity index (χ1) is 14.1. The molecule has 1 amide bonds. The minimum absolute atomic E-state index is 0.0535. The summed E-state index contributed by atoms with van der Waals surface area (Å²) in [5, 5.41) is 3.01. The van der Waals surface area contributed by atoms with Gasteiger partial charge in [0, 0.05) is 36.6 Å². The Bertz CT molecular complexity index is 984. The average Bonchev–Trinajstić information content (AvgIpc) is 3.27. The number of aromatic nitrogens is 2. The normalized spacial score (nSPS) is 15.8. The van der Waals surface area contributed by atoms with E-state index in [1.165, 1.54) is 6.07 Å². The number of ether oxygens (including phenoxy) is 1. The average molecular weight is 458 g/mol. The van der Waals surface area contributed by atoms with E-state index in [9.17, 15) is 9.18 Å². The summed E-state index contributed by atoms with van der Waals surface area (Å²) in [5.41, 5.74) is 1.48. The molecule has 0 saturated carbocycles. The van der Waals surface area contributed by atoms with Crippen molar-refractivity contribution < 1.29 is 13.9 Å². The molecule has 0 aliphatic carbocycles. The number of nitrogens with one attached hydrogen (secondary N) is 1. The van der Waals surface area contributed by atoms with Crippen molar-refractivity contribution in [3.63, 3.8) is 0 Å². The summed E-state index contributed by atoms with van der Waals surface area (Å²) >= 11 is 3.45. The van der Waals surface area contributed by atoms with Gasteiger partial charge in [-0.15, -0.1) is 0 Å². The largest absolute Gasteiger partial charge is 0.381 e. The zero-order chi connectivity index (χ0) is 20.3. The van der Waals surface area contributed by atoms with E-state index in [2.05, 4.69) is 26.2 Å². The van der Waals surface area contributed by atoms with Gasteiger partial charge in [-0.05, 0) is 48.2 Å². The Morgan fingerprint density at radius 3 is 2.62 bits per heavy atom. The number of carbonyl (C=O) groups is 1. The van der Waals surface area contributed by atoms with E-state index < -0.39 is 5.41 Å². The second-order valence-electron chi connectivity index (χ2n) is 7.14. The molecule has 2 heterocycles. The van der Waals surface area contributed by atoms with Gasteiger partial charge in [-0.3, -0.25) is 4.79 Å². The second-order valence-corrected chi connectivity index (χ2v) is 8.06. The van der Waals surface area contributed by atoms with Crippen molar-refractivity contribution in [2.75, 3.05) is 13.2 Å². The Morgan fingerprint density at radius 2 is 1.97 bits per heavy atom. The molecule has 29 heavy (non-hydrogen) atoms. The topological polar surface area (TPSA) is 56.2 Å². The van der Waals surface area contributed by atoms with E-state index in [0.29, 0.717) is 37.3 Å². The molecule has 5 nitrogen and oxygen atoms in total. The molecule has 0 spiro atoms. The molecular weight excluding hydrogens is 437 g/mol. The third-order valence-electron chi connectivity index (χ3n) is 5.43. The Labute approximate surface area is 177 Å². The minimum atomic E-state index is -0.631. The Morgan fingerprint density at radius 1 is 1.21 bits per heavy atom. The van der Waals surface area contributed by atoms with Crippen LogP contribution in [0, 0.1) is 5.82 Å². The molecule has 2 aromatic carbocycles. The lowest BCUT2D eigenvalue weighted by molar-refractivity contribution is -0.130. The van der Waals surface area contributed by atoms with Crippen LogP contribution in [0.15, 0.2) is 65.7 Å². The number of benzene rings is 2. The smallest absolute Gasteiger partial charge is 0.231 e. The summed E-state index contributed by atoms with van der Waals surface area (Å²) in [6, 6.07) is 12.8. The summed E-state index contributed by atoms with van der Waals surface area (Å²) in [7, 11) is 0. The van der Waals surface area contributed by atoms with Crippen LogP contribution in [0.3, 0.4) is 0 Å². The minimum Gasteiger partial charge on any atom is -0.381 e. The SMILES string of the molecule is O=C(NCc1ccc(-n2ccnc2)c(F)c1)C1(c2ccc(Br)cc2)CCOCC1. The molecule has 1 aliphatic heterocycles. The summed E-state index contributed by atoms with van der Waals surface area (Å²) in [6.07, 6.45) is 6.08. The lowest BCUT2D eigenvalue weighted by Crippen LogP contribution is -2.47. The van der Waals surface area contributed by atoms with Gasteiger partial charge in [-0.1, -0.05) is 34.1 Å². The van der Waals surface area contributed by atoms with E-state index in [0.717, 1.165) is 10.0 Å². The molecule has 0 atom stereocenters. The zero-order valence-corrected chi connectivity index (χ0v) is 17.4. The van der Waals surface area contributed by atoms with Crippen molar-refractivity contribution in [3.8, 4) is 5.69 Å². The fourth-order valence-electron chi connectivity index (χ4n) is 3.76. The fraction of sp³-hybridized carbons (Fsp3) is 0.273. The van der Waals surface area contributed by atoms with Crippen molar-refractivity contribution in [2.45, 2.75) is 24.8 Å². The molecule has 0 unspecified atom stereocenters. The number of hydrogen-bond donors (Lipinski definition) is 1. The predicted octanol–water partition coefficient (Wildman–Crippen LogP) is 4.14. The van der Waals surface area contributed by atoms with E-state index in [4.69, 9.17) is 4.74 Å². The lowest BCUT2D eigenvalue weighted by atomic mass is 9.73. The van der Waals surface area contributed by atoms with Gasteiger partial charge in [0.15, 0.2) is 0 Å². The van der Waals surface area contributed by atoms with Crippen molar-refractivity contribution in [1.29, 1.82) is 0 Å². The molecule has 1 N–H and O–H groups in total. The Balaban J connectivity index is 1.51. The van der Waals surface area contributed by atoms with Crippen LogP contribution in [0.5, 0.6) is 0 Å². The van der Waals surface area contributed by atoms with E-state index in [1.54, 1.807) is 29.4 Å². The molecule has 0 radical (unpaired) electrons. The number of imidazole rings is 1. The highest BCUT2D eigenvalue weighted by Crippen LogP contribution is 2.36.